The largest absolute Gasteiger partial charge is 0.385 e. The summed E-state index contributed by atoms with van der Waals surface area (Å²) in [4.78, 5) is 19.5. The lowest BCUT2D eigenvalue weighted by molar-refractivity contribution is -0.124. The van der Waals surface area contributed by atoms with E-state index < -0.39 is 0 Å². The zero-order valence-corrected chi connectivity index (χ0v) is 22.2. The van der Waals surface area contributed by atoms with Crippen molar-refractivity contribution >= 4 is 41.5 Å². The number of aliphatic imine (C=N–C) groups is 1. The van der Waals surface area contributed by atoms with Crippen molar-refractivity contribution in [3.63, 3.8) is 0 Å². The predicted octanol–water partition coefficient (Wildman–Crippen LogP) is 3.41. The van der Waals surface area contributed by atoms with Crippen LogP contribution in [0.15, 0.2) is 29.3 Å². The molecular weight excluding hydrogens is 535 g/mol. The van der Waals surface area contributed by atoms with Gasteiger partial charge in [-0.25, -0.2) is 4.99 Å². The van der Waals surface area contributed by atoms with Crippen molar-refractivity contribution in [2.45, 2.75) is 57.8 Å². The summed E-state index contributed by atoms with van der Waals surface area (Å²) in [6.45, 7) is 7.49. The lowest BCUT2D eigenvalue weighted by Gasteiger charge is -2.34. The fraction of sp³-hybridized carbons (Fsp3) is 0.667. The number of halogens is 1. The summed E-state index contributed by atoms with van der Waals surface area (Å²) in [5.41, 5.74) is 1.84. The molecule has 1 amide bonds. The molecule has 9 heteroatoms. The molecule has 8 nitrogen and oxygen atoms in total. The number of likely N-dealkylation sites (tertiary alicyclic amines) is 1. The predicted molar refractivity (Wildman–Crippen MR) is 141 cm³/mol. The summed E-state index contributed by atoms with van der Waals surface area (Å²) in [5.74, 6) is 0.864. The van der Waals surface area contributed by atoms with Crippen molar-refractivity contribution in [1.29, 1.82) is 0 Å². The maximum Gasteiger partial charge on any atom is 0.253 e. The van der Waals surface area contributed by atoms with Gasteiger partial charge < -0.3 is 29.7 Å². The molecule has 0 spiro atoms. The van der Waals surface area contributed by atoms with Gasteiger partial charge in [0.1, 0.15) is 6.10 Å². The average Bonchev–Trinajstić information content (AvgIpc) is 3.36. The monoisotopic (exact) mass is 574 g/mol. The van der Waals surface area contributed by atoms with Crippen LogP contribution in [0.1, 0.15) is 44.6 Å². The van der Waals surface area contributed by atoms with Gasteiger partial charge in [-0.2, -0.15) is 0 Å². The number of amides is 1. The van der Waals surface area contributed by atoms with Crippen molar-refractivity contribution < 1.29 is 19.0 Å². The Balaban J connectivity index is 0.00000385. The number of hydrogen-bond acceptors (Lipinski definition) is 5. The van der Waals surface area contributed by atoms with E-state index >= 15 is 0 Å². The lowest BCUT2D eigenvalue weighted by atomic mass is 10.1. The fourth-order valence-electron chi connectivity index (χ4n) is 4.03. The molecule has 3 rings (SSSR count). The highest BCUT2D eigenvalue weighted by Crippen LogP contribution is 2.18. The third kappa shape index (κ3) is 9.38. The summed E-state index contributed by atoms with van der Waals surface area (Å²) < 4.78 is 16.5. The number of methoxy groups -OCH3 is 1. The highest BCUT2D eigenvalue weighted by Gasteiger charge is 2.24. The number of piperidine rings is 1. The Morgan fingerprint density at radius 1 is 1.24 bits per heavy atom. The van der Waals surface area contributed by atoms with Gasteiger partial charge in [-0.1, -0.05) is 12.1 Å². The van der Waals surface area contributed by atoms with Crippen molar-refractivity contribution in [3.8, 4) is 0 Å². The first-order chi connectivity index (χ1) is 15.7. The summed E-state index contributed by atoms with van der Waals surface area (Å²) in [6, 6.07) is 7.88. The van der Waals surface area contributed by atoms with Gasteiger partial charge in [0.25, 0.3) is 5.91 Å². The minimum Gasteiger partial charge on any atom is -0.385 e. The van der Waals surface area contributed by atoms with Gasteiger partial charge >= 0.3 is 0 Å². The number of guanidine groups is 1. The Hall–Kier alpha value is -1.43. The van der Waals surface area contributed by atoms with E-state index in [2.05, 4.69) is 22.5 Å². The average molecular weight is 575 g/mol. The molecule has 2 aliphatic rings. The Morgan fingerprint density at radius 3 is 2.76 bits per heavy atom. The van der Waals surface area contributed by atoms with Crippen LogP contribution in [-0.2, 0) is 25.5 Å². The highest BCUT2D eigenvalue weighted by atomic mass is 127. The molecule has 1 atom stereocenters. The standard InChI is InChI=1S/C24H38N4O4.HI/c1-3-25-24(28-12-10-21(11-13-28)31-16-6-14-30-2)26-18-19-7-4-8-20(17-19)27-23(29)22-9-5-15-32-22;/h4,7-8,17,21-22H,3,5-6,9-16,18H2,1-2H3,(H,25,26)(H,27,29);1H. The molecule has 0 aliphatic carbocycles. The van der Waals surface area contributed by atoms with E-state index in [1.165, 1.54) is 0 Å². The van der Waals surface area contributed by atoms with Gasteiger partial charge in [0.15, 0.2) is 5.96 Å². The zero-order chi connectivity index (χ0) is 22.6. The Kier molecular flexibility index (Phi) is 13.0. The number of carbonyl (C=O) groups excluding carboxylic acids is 1. The van der Waals surface area contributed by atoms with E-state index in [1.807, 2.05) is 24.3 Å². The summed E-state index contributed by atoms with van der Waals surface area (Å²) in [6.07, 6.45) is 4.66. The van der Waals surface area contributed by atoms with Crippen LogP contribution < -0.4 is 10.6 Å². The van der Waals surface area contributed by atoms with E-state index in [0.717, 1.165) is 82.2 Å². The van der Waals surface area contributed by atoms with Crippen LogP contribution in [0.2, 0.25) is 0 Å². The quantitative estimate of drug-likeness (QED) is 0.193. The van der Waals surface area contributed by atoms with Gasteiger partial charge in [0.05, 0.1) is 12.6 Å². The van der Waals surface area contributed by atoms with E-state index in [-0.39, 0.29) is 36.0 Å². The van der Waals surface area contributed by atoms with E-state index in [0.29, 0.717) is 19.3 Å². The van der Waals surface area contributed by atoms with Crippen LogP contribution in [0.5, 0.6) is 0 Å². The molecule has 33 heavy (non-hydrogen) atoms. The number of anilines is 1. The molecule has 2 N–H and O–H groups in total. The van der Waals surface area contributed by atoms with Crippen LogP contribution in [0.3, 0.4) is 0 Å². The van der Waals surface area contributed by atoms with Crippen LogP contribution in [0.4, 0.5) is 5.69 Å². The SMILES string of the molecule is CCNC(=NCc1cccc(NC(=O)C2CCCO2)c1)N1CCC(OCCCOC)CC1.I. The number of benzene rings is 1. The number of nitrogens with one attached hydrogen (secondary N) is 2. The first kappa shape index (κ1) is 27.8. The van der Waals surface area contributed by atoms with Gasteiger partial charge in [-0.15, -0.1) is 24.0 Å². The molecule has 1 aromatic rings. The second kappa shape index (κ2) is 15.5. The first-order valence-corrected chi connectivity index (χ1v) is 11.8. The maximum absolute atomic E-state index is 12.3. The molecule has 2 fully saturated rings. The summed E-state index contributed by atoms with van der Waals surface area (Å²) in [5, 5.41) is 6.38. The molecule has 0 bridgehead atoms. The molecule has 2 aliphatic heterocycles. The minimum atomic E-state index is -0.330. The minimum absolute atomic E-state index is 0. The molecular formula is C24H39IN4O4. The molecule has 186 valence electrons. The van der Waals surface area contributed by atoms with Crippen LogP contribution in [-0.4, -0.2) is 75.5 Å². The second-order valence-electron chi connectivity index (χ2n) is 8.27. The topological polar surface area (TPSA) is 84.4 Å². The second-order valence-corrected chi connectivity index (χ2v) is 8.27. The Morgan fingerprint density at radius 2 is 2.06 bits per heavy atom. The lowest BCUT2D eigenvalue weighted by Crippen LogP contribution is -2.47. The fourth-order valence-corrected chi connectivity index (χ4v) is 4.03. The summed E-state index contributed by atoms with van der Waals surface area (Å²) >= 11 is 0. The zero-order valence-electron chi connectivity index (χ0n) is 19.9. The third-order valence-electron chi connectivity index (χ3n) is 5.75. The molecule has 0 saturated carbocycles. The van der Waals surface area contributed by atoms with E-state index in [9.17, 15) is 4.79 Å². The number of ether oxygens (including phenoxy) is 3. The smallest absolute Gasteiger partial charge is 0.253 e. The molecule has 1 aromatic carbocycles. The van der Waals surface area contributed by atoms with Crippen LogP contribution in [0, 0.1) is 0 Å². The molecule has 2 heterocycles. The number of hydrogen-bond donors (Lipinski definition) is 2. The maximum atomic E-state index is 12.3. The van der Waals surface area contributed by atoms with Crippen molar-refractivity contribution in [2.24, 2.45) is 4.99 Å². The number of rotatable bonds is 10. The van der Waals surface area contributed by atoms with E-state index in [1.54, 1.807) is 7.11 Å². The highest BCUT2D eigenvalue weighted by molar-refractivity contribution is 14.0. The van der Waals surface area contributed by atoms with Crippen LogP contribution in [0.25, 0.3) is 0 Å². The van der Waals surface area contributed by atoms with E-state index in [4.69, 9.17) is 19.2 Å². The molecule has 0 aromatic heterocycles. The third-order valence-corrected chi connectivity index (χ3v) is 5.75. The molecule has 0 radical (unpaired) electrons. The number of nitrogens with zero attached hydrogens (tertiary/aromatic N) is 2. The Bertz CT molecular complexity index is 735. The van der Waals surface area contributed by atoms with Gasteiger partial charge in [-0.05, 0) is 56.7 Å². The van der Waals surface area contributed by atoms with Gasteiger partial charge in [0.2, 0.25) is 0 Å². The first-order valence-electron chi connectivity index (χ1n) is 11.8. The molecule has 2 saturated heterocycles. The van der Waals surface area contributed by atoms with Crippen molar-refractivity contribution in [3.05, 3.63) is 29.8 Å². The van der Waals surface area contributed by atoms with Crippen LogP contribution >= 0.6 is 24.0 Å². The normalized spacial score (nSPS) is 19.3. The van der Waals surface area contributed by atoms with Gasteiger partial charge in [0, 0.05) is 52.3 Å². The van der Waals surface area contributed by atoms with Crippen molar-refractivity contribution in [1.82, 2.24) is 10.2 Å². The van der Waals surface area contributed by atoms with Gasteiger partial charge in [-0.3, -0.25) is 4.79 Å². The van der Waals surface area contributed by atoms with Crippen molar-refractivity contribution in [2.75, 3.05) is 51.9 Å². The molecule has 1 unspecified atom stereocenters. The Labute approximate surface area is 214 Å². The number of carbonyl (C=O) groups is 1. The summed E-state index contributed by atoms with van der Waals surface area (Å²) in [7, 11) is 1.72.